The molecular weight excluding hydrogens is 623 g/mol. The lowest BCUT2D eigenvalue weighted by atomic mass is 9.54. The minimum absolute atomic E-state index is 0.488. The number of hydrogen-bond donors (Lipinski definition) is 3. The lowest BCUT2D eigenvalue weighted by Gasteiger charge is -2.52. The number of rotatable bonds is 5. The van der Waals surface area contributed by atoms with Gasteiger partial charge in [-0.15, -0.1) is 0 Å². The second-order valence-electron chi connectivity index (χ2n) is 21.3. The third-order valence-corrected chi connectivity index (χ3v) is 19.0. The fraction of sp³-hybridized carbons (Fsp3) is 1.00. The molecule has 288 valence electrons. The molecule has 10 aliphatic rings. The zero-order chi connectivity index (χ0) is 33.7. The van der Waals surface area contributed by atoms with Gasteiger partial charge in [-0.3, -0.25) is 16.0 Å². The van der Waals surface area contributed by atoms with E-state index in [2.05, 4.69) is 16.0 Å². The van der Waals surface area contributed by atoms with Gasteiger partial charge in [0.2, 0.25) is 0 Å². The Morgan fingerprint density at radius 3 is 1.43 bits per heavy atom. The fourth-order valence-electron chi connectivity index (χ4n) is 16.6. The van der Waals surface area contributed by atoms with Crippen LogP contribution < -0.4 is 16.0 Å². The van der Waals surface area contributed by atoms with Crippen LogP contribution >= 0.6 is 0 Å². The van der Waals surface area contributed by atoms with E-state index in [1.54, 1.807) is 38.5 Å². The molecule has 14 atom stereocenters. The Hall–Kier alpha value is -0.160. The Balaban J connectivity index is 0.829. The number of fused-ring (bicyclic) bond motifs is 6. The van der Waals surface area contributed by atoms with Crippen molar-refractivity contribution < 1.29 is 4.74 Å². The monoisotopic (exact) mass is 702 g/mol. The van der Waals surface area contributed by atoms with Crippen LogP contribution in [0, 0.1) is 76.9 Å². The molecule has 4 heteroatoms. The molecule has 10 rings (SSSR count). The molecule has 8 aliphatic carbocycles. The molecule has 0 amide bonds. The zero-order valence-corrected chi connectivity index (χ0v) is 32.8. The van der Waals surface area contributed by atoms with E-state index in [4.69, 9.17) is 4.74 Å². The largest absolute Gasteiger partial charge is 0.374 e. The standard InChI is InChI=1S/C47H79N3O/c1-3-12-31(13-4-1)40-29-42-41-28-35(26-27-43(41)51-44(42)39-20-10-9-19-38(39)40)47-49-45(33-15-5-2-6-16-33)48-46(50-47)34-24-22-32(23-25-34)37-21-11-17-30-14-7-8-18-36(30)37/h30-50H,1-29H2. The van der Waals surface area contributed by atoms with Gasteiger partial charge in [-0.05, 0) is 167 Å². The first kappa shape index (κ1) is 35.3. The predicted octanol–water partition coefficient (Wildman–Crippen LogP) is 10.9. The van der Waals surface area contributed by atoms with Gasteiger partial charge < -0.3 is 4.74 Å². The van der Waals surface area contributed by atoms with E-state index >= 15 is 0 Å². The molecule has 0 aromatic carbocycles. The summed E-state index contributed by atoms with van der Waals surface area (Å²) in [6.07, 6.45) is 45.9. The maximum atomic E-state index is 7.28. The molecule has 0 spiro atoms. The molecule has 0 radical (unpaired) electrons. The summed E-state index contributed by atoms with van der Waals surface area (Å²) in [7, 11) is 0. The van der Waals surface area contributed by atoms with Crippen molar-refractivity contribution >= 4 is 0 Å². The third kappa shape index (κ3) is 7.09. The average molecular weight is 702 g/mol. The van der Waals surface area contributed by atoms with E-state index in [1.807, 2.05) is 0 Å². The van der Waals surface area contributed by atoms with E-state index in [9.17, 15) is 0 Å². The normalized spacial score (nSPS) is 51.5. The maximum Gasteiger partial charge on any atom is 0.0641 e. The summed E-state index contributed by atoms with van der Waals surface area (Å²) in [6.45, 7) is 0. The van der Waals surface area contributed by atoms with Crippen molar-refractivity contribution in [2.45, 2.75) is 217 Å². The molecule has 10 fully saturated rings. The molecule has 51 heavy (non-hydrogen) atoms. The van der Waals surface area contributed by atoms with Crippen molar-refractivity contribution in [1.29, 1.82) is 0 Å². The van der Waals surface area contributed by atoms with Crippen LogP contribution in [0.3, 0.4) is 0 Å². The summed E-state index contributed by atoms with van der Waals surface area (Å²) in [4.78, 5) is 0. The molecule has 4 nitrogen and oxygen atoms in total. The van der Waals surface area contributed by atoms with Gasteiger partial charge in [-0.2, -0.15) is 0 Å². The number of ether oxygens (including phenoxy) is 1. The van der Waals surface area contributed by atoms with Crippen molar-refractivity contribution in [2.75, 3.05) is 0 Å². The first-order valence-corrected chi connectivity index (χ1v) is 24.2. The minimum atomic E-state index is 0.488. The van der Waals surface area contributed by atoms with E-state index in [-0.39, 0.29) is 0 Å². The molecule has 2 heterocycles. The van der Waals surface area contributed by atoms with E-state index in [0.717, 1.165) is 76.9 Å². The van der Waals surface area contributed by atoms with Crippen LogP contribution in [0.2, 0.25) is 0 Å². The maximum absolute atomic E-state index is 7.28. The predicted molar refractivity (Wildman–Crippen MR) is 209 cm³/mol. The number of nitrogens with one attached hydrogen (secondary N) is 3. The molecule has 3 N–H and O–H groups in total. The van der Waals surface area contributed by atoms with Crippen LogP contribution in [0.15, 0.2) is 0 Å². The summed E-state index contributed by atoms with van der Waals surface area (Å²) in [5.41, 5.74) is 0. The van der Waals surface area contributed by atoms with Crippen LogP contribution in [0.1, 0.15) is 186 Å². The second kappa shape index (κ2) is 15.8. The SMILES string of the molecule is C1CCC(C2NC(C3CCC(C4CCCC5CCCCC54)CC3)NC(C3CCC4OC5C(CC(C6CCCCC6)C6CCCCC65)C4C3)N2)CC1. The van der Waals surface area contributed by atoms with Gasteiger partial charge in [0.1, 0.15) is 0 Å². The fourth-order valence-corrected chi connectivity index (χ4v) is 16.6. The molecular formula is C47H79N3O. The lowest BCUT2D eigenvalue weighted by Crippen LogP contribution is -2.72. The Morgan fingerprint density at radius 1 is 0.275 bits per heavy atom. The van der Waals surface area contributed by atoms with Gasteiger partial charge in [0.25, 0.3) is 0 Å². The quantitative estimate of drug-likeness (QED) is 0.267. The van der Waals surface area contributed by atoms with E-state index in [1.165, 1.54) is 148 Å². The first-order valence-electron chi connectivity index (χ1n) is 24.2. The second-order valence-corrected chi connectivity index (χ2v) is 21.3. The molecule has 0 bridgehead atoms. The van der Waals surface area contributed by atoms with Crippen molar-refractivity contribution in [3.05, 3.63) is 0 Å². The van der Waals surface area contributed by atoms with Crippen molar-refractivity contribution in [3.8, 4) is 0 Å². The molecule has 2 aliphatic heterocycles. The topological polar surface area (TPSA) is 45.3 Å². The van der Waals surface area contributed by atoms with Crippen molar-refractivity contribution in [3.63, 3.8) is 0 Å². The highest BCUT2D eigenvalue weighted by Crippen LogP contribution is 2.59. The van der Waals surface area contributed by atoms with Gasteiger partial charge in [0.05, 0.1) is 30.7 Å². The van der Waals surface area contributed by atoms with Gasteiger partial charge >= 0.3 is 0 Å². The Kier molecular flexibility index (Phi) is 10.9. The summed E-state index contributed by atoms with van der Waals surface area (Å²) in [5, 5.41) is 13.1. The summed E-state index contributed by atoms with van der Waals surface area (Å²) < 4.78 is 7.28. The van der Waals surface area contributed by atoms with E-state index in [0.29, 0.717) is 30.7 Å². The van der Waals surface area contributed by atoms with E-state index < -0.39 is 0 Å². The first-order chi connectivity index (χ1) is 25.3. The Bertz CT molecular complexity index is 1120. The third-order valence-electron chi connectivity index (χ3n) is 19.0. The Labute approximate surface area is 313 Å². The van der Waals surface area contributed by atoms with Gasteiger partial charge in [0.15, 0.2) is 0 Å². The highest BCUT2D eigenvalue weighted by atomic mass is 16.5. The smallest absolute Gasteiger partial charge is 0.0641 e. The van der Waals surface area contributed by atoms with Crippen LogP contribution in [0.4, 0.5) is 0 Å². The molecule has 14 unspecified atom stereocenters. The minimum Gasteiger partial charge on any atom is -0.374 e. The number of hydrogen-bond acceptors (Lipinski definition) is 4. The Morgan fingerprint density at radius 2 is 0.725 bits per heavy atom. The lowest BCUT2D eigenvalue weighted by molar-refractivity contribution is -0.0861. The molecule has 0 aromatic heterocycles. The van der Waals surface area contributed by atoms with Crippen LogP contribution in [0.5, 0.6) is 0 Å². The zero-order valence-electron chi connectivity index (χ0n) is 32.8. The van der Waals surface area contributed by atoms with Gasteiger partial charge in [-0.1, -0.05) is 96.3 Å². The molecule has 2 saturated heterocycles. The van der Waals surface area contributed by atoms with Crippen molar-refractivity contribution in [2.24, 2.45) is 76.9 Å². The van der Waals surface area contributed by atoms with Gasteiger partial charge in [0, 0.05) is 0 Å². The van der Waals surface area contributed by atoms with Crippen LogP contribution in [-0.2, 0) is 4.74 Å². The van der Waals surface area contributed by atoms with Crippen LogP contribution in [-0.4, -0.2) is 30.7 Å². The molecule has 8 saturated carbocycles. The molecule has 0 aromatic rings. The van der Waals surface area contributed by atoms with Gasteiger partial charge in [-0.25, -0.2) is 0 Å². The summed E-state index contributed by atoms with van der Waals surface area (Å²) in [6, 6.07) is 0. The summed E-state index contributed by atoms with van der Waals surface area (Å²) >= 11 is 0. The van der Waals surface area contributed by atoms with Crippen LogP contribution in [0.25, 0.3) is 0 Å². The highest BCUT2D eigenvalue weighted by molar-refractivity contribution is 5.06. The summed E-state index contributed by atoms with van der Waals surface area (Å²) in [5.74, 6) is 12.3. The van der Waals surface area contributed by atoms with Crippen molar-refractivity contribution in [1.82, 2.24) is 16.0 Å². The highest BCUT2D eigenvalue weighted by Gasteiger charge is 2.57. The average Bonchev–Trinajstić information content (AvgIpc) is 3.59.